The van der Waals surface area contributed by atoms with Crippen molar-refractivity contribution in [3.63, 3.8) is 0 Å². The molecule has 0 radical (unpaired) electrons. The summed E-state index contributed by atoms with van der Waals surface area (Å²) in [6.45, 7) is 2.05. The van der Waals surface area contributed by atoms with Crippen LogP contribution in [0.4, 0.5) is 0 Å². The first kappa shape index (κ1) is 11.3. The molecule has 0 spiro atoms. The monoisotopic (exact) mass is 230 g/mol. The third kappa shape index (κ3) is 2.04. The molecule has 3 heteroatoms. The minimum atomic E-state index is -0.297. The minimum absolute atomic E-state index is 0.0513. The van der Waals surface area contributed by atoms with Crippen LogP contribution in [0.2, 0.25) is 0 Å². The molecule has 88 valence electrons. The number of rotatable bonds is 2. The number of aryl methyl sites for hydroxylation is 1. The maximum absolute atomic E-state index is 9.75. The highest BCUT2D eigenvalue weighted by atomic mass is 16.3. The van der Waals surface area contributed by atoms with E-state index in [2.05, 4.69) is 6.92 Å². The molecule has 0 aliphatic heterocycles. The summed E-state index contributed by atoms with van der Waals surface area (Å²) < 4.78 is 0. The number of aromatic hydroxyl groups is 3. The SMILES string of the molecule is CCc1ccc(-c2c(O)ccc(O)c2O)cc1. The summed E-state index contributed by atoms with van der Waals surface area (Å²) in [7, 11) is 0. The summed E-state index contributed by atoms with van der Waals surface area (Å²) in [4.78, 5) is 0. The van der Waals surface area contributed by atoms with E-state index in [-0.39, 0.29) is 22.8 Å². The van der Waals surface area contributed by atoms with E-state index in [1.807, 2.05) is 24.3 Å². The predicted molar refractivity (Wildman–Crippen MR) is 66.3 cm³/mol. The third-order valence-electron chi connectivity index (χ3n) is 2.79. The Morgan fingerprint density at radius 2 is 1.41 bits per heavy atom. The van der Waals surface area contributed by atoms with Crippen LogP contribution in [0, 0.1) is 0 Å². The van der Waals surface area contributed by atoms with Gasteiger partial charge in [-0.3, -0.25) is 0 Å². The van der Waals surface area contributed by atoms with E-state index in [1.54, 1.807) is 0 Å². The summed E-state index contributed by atoms with van der Waals surface area (Å²) in [5, 5.41) is 28.9. The smallest absolute Gasteiger partial charge is 0.169 e. The van der Waals surface area contributed by atoms with Crippen LogP contribution in [0.1, 0.15) is 12.5 Å². The van der Waals surface area contributed by atoms with E-state index in [9.17, 15) is 15.3 Å². The lowest BCUT2D eigenvalue weighted by Crippen LogP contribution is -1.84. The average molecular weight is 230 g/mol. The quantitative estimate of drug-likeness (QED) is 0.549. The molecule has 0 amide bonds. The molecule has 2 aromatic rings. The largest absolute Gasteiger partial charge is 0.507 e. The Labute approximate surface area is 99.6 Å². The van der Waals surface area contributed by atoms with E-state index >= 15 is 0 Å². The molecule has 3 N–H and O–H groups in total. The summed E-state index contributed by atoms with van der Waals surface area (Å²) in [6, 6.07) is 10.1. The minimum Gasteiger partial charge on any atom is -0.507 e. The number of hydrogen-bond donors (Lipinski definition) is 3. The molecular weight excluding hydrogens is 216 g/mol. The molecule has 3 nitrogen and oxygen atoms in total. The zero-order valence-corrected chi connectivity index (χ0v) is 9.51. The topological polar surface area (TPSA) is 60.7 Å². The molecule has 0 atom stereocenters. The molecule has 0 fully saturated rings. The number of hydrogen-bond acceptors (Lipinski definition) is 3. The van der Waals surface area contributed by atoms with Crippen LogP contribution in [-0.2, 0) is 6.42 Å². The van der Waals surface area contributed by atoms with Crippen LogP contribution >= 0.6 is 0 Å². The number of phenolic OH excluding ortho intramolecular Hbond substituents is 3. The number of benzene rings is 2. The van der Waals surface area contributed by atoms with Gasteiger partial charge in [0.25, 0.3) is 0 Å². The fraction of sp³-hybridized carbons (Fsp3) is 0.143. The van der Waals surface area contributed by atoms with Gasteiger partial charge in [-0.2, -0.15) is 0 Å². The predicted octanol–water partition coefficient (Wildman–Crippen LogP) is 3.03. The van der Waals surface area contributed by atoms with Crippen molar-refractivity contribution in [3.8, 4) is 28.4 Å². The third-order valence-corrected chi connectivity index (χ3v) is 2.79. The summed E-state index contributed by atoms with van der Waals surface area (Å²) in [5.41, 5.74) is 2.11. The van der Waals surface area contributed by atoms with E-state index in [0.29, 0.717) is 5.56 Å². The molecule has 0 aliphatic carbocycles. The van der Waals surface area contributed by atoms with Gasteiger partial charge >= 0.3 is 0 Å². The van der Waals surface area contributed by atoms with Gasteiger partial charge in [0.05, 0.1) is 5.56 Å². The normalized spacial score (nSPS) is 10.4. The van der Waals surface area contributed by atoms with E-state index in [1.165, 1.54) is 17.7 Å². The molecule has 0 bridgehead atoms. The molecular formula is C14H14O3. The van der Waals surface area contributed by atoms with Crippen molar-refractivity contribution >= 4 is 0 Å². The summed E-state index contributed by atoms with van der Waals surface area (Å²) in [6.07, 6.45) is 0.929. The van der Waals surface area contributed by atoms with Gasteiger partial charge in [-0.15, -0.1) is 0 Å². The Kier molecular flexibility index (Phi) is 2.91. The van der Waals surface area contributed by atoms with Crippen molar-refractivity contribution in [1.29, 1.82) is 0 Å². The van der Waals surface area contributed by atoms with Crippen molar-refractivity contribution < 1.29 is 15.3 Å². The van der Waals surface area contributed by atoms with Gasteiger partial charge in [-0.1, -0.05) is 31.2 Å². The molecule has 17 heavy (non-hydrogen) atoms. The summed E-state index contributed by atoms with van der Waals surface area (Å²) >= 11 is 0. The Bertz CT molecular complexity index is 530. The van der Waals surface area contributed by atoms with Gasteiger partial charge in [-0.25, -0.2) is 0 Å². The van der Waals surface area contributed by atoms with Crippen LogP contribution < -0.4 is 0 Å². The zero-order chi connectivity index (χ0) is 12.4. The van der Waals surface area contributed by atoms with E-state index in [4.69, 9.17) is 0 Å². The van der Waals surface area contributed by atoms with Crippen molar-refractivity contribution in [2.45, 2.75) is 13.3 Å². The highest BCUT2D eigenvalue weighted by Crippen LogP contribution is 2.42. The lowest BCUT2D eigenvalue weighted by atomic mass is 10.0. The fourth-order valence-corrected chi connectivity index (χ4v) is 1.76. The Morgan fingerprint density at radius 1 is 0.824 bits per heavy atom. The first-order valence-electron chi connectivity index (χ1n) is 5.46. The van der Waals surface area contributed by atoms with Gasteiger partial charge in [-0.05, 0) is 29.7 Å². The highest BCUT2D eigenvalue weighted by molar-refractivity contribution is 5.78. The Hall–Kier alpha value is -2.16. The van der Waals surface area contributed by atoms with Crippen LogP contribution in [0.25, 0.3) is 11.1 Å². The molecule has 0 unspecified atom stereocenters. The second kappa shape index (κ2) is 4.37. The van der Waals surface area contributed by atoms with Gasteiger partial charge in [0, 0.05) is 0 Å². The standard InChI is InChI=1S/C14H14O3/c1-2-9-3-5-10(6-4-9)13-11(15)7-8-12(16)14(13)17/h3-8,15-17H,2H2,1H3. The first-order valence-corrected chi connectivity index (χ1v) is 5.46. The van der Waals surface area contributed by atoms with Crippen LogP contribution in [-0.4, -0.2) is 15.3 Å². The van der Waals surface area contributed by atoms with Gasteiger partial charge < -0.3 is 15.3 Å². The average Bonchev–Trinajstić information content (AvgIpc) is 2.35. The Morgan fingerprint density at radius 3 is 2.00 bits per heavy atom. The van der Waals surface area contributed by atoms with Gasteiger partial charge in [0.2, 0.25) is 0 Å². The maximum Gasteiger partial charge on any atom is 0.169 e. The lowest BCUT2D eigenvalue weighted by molar-refractivity contribution is 0.399. The second-order valence-electron chi connectivity index (χ2n) is 3.88. The van der Waals surface area contributed by atoms with Crippen molar-refractivity contribution in [2.24, 2.45) is 0 Å². The first-order chi connectivity index (χ1) is 8.13. The molecule has 0 saturated heterocycles. The van der Waals surface area contributed by atoms with Crippen LogP contribution in [0.15, 0.2) is 36.4 Å². The van der Waals surface area contributed by atoms with Gasteiger partial charge in [0.15, 0.2) is 11.5 Å². The number of phenols is 3. The van der Waals surface area contributed by atoms with Gasteiger partial charge in [0.1, 0.15) is 5.75 Å². The van der Waals surface area contributed by atoms with Crippen molar-refractivity contribution in [1.82, 2.24) is 0 Å². The Balaban J connectivity index is 2.55. The molecule has 2 aromatic carbocycles. The molecule has 2 rings (SSSR count). The van der Waals surface area contributed by atoms with Crippen LogP contribution in [0.3, 0.4) is 0 Å². The lowest BCUT2D eigenvalue weighted by Gasteiger charge is -2.09. The molecule has 0 saturated carbocycles. The van der Waals surface area contributed by atoms with Crippen LogP contribution in [0.5, 0.6) is 17.2 Å². The van der Waals surface area contributed by atoms with Crippen molar-refractivity contribution in [3.05, 3.63) is 42.0 Å². The summed E-state index contributed by atoms with van der Waals surface area (Å²) in [5.74, 6) is -0.587. The fourth-order valence-electron chi connectivity index (χ4n) is 1.76. The van der Waals surface area contributed by atoms with Crippen molar-refractivity contribution in [2.75, 3.05) is 0 Å². The second-order valence-corrected chi connectivity index (χ2v) is 3.88. The molecule has 0 aromatic heterocycles. The maximum atomic E-state index is 9.75. The zero-order valence-electron chi connectivity index (χ0n) is 9.51. The highest BCUT2D eigenvalue weighted by Gasteiger charge is 2.13. The van der Waals surface area contributed by atoms with E-state index in [0.717, 1.165) is 6.42 Å². The molecule has 0 aliphatic rings. The molecule has 0 heterocycles. The van der Waals surface area contributed by atoms with E-state index < -0.39 is 0 Å².